The molecule has 0 radical (unpaired) electrons. The van der Waals surface area contributed by atoms with Crippen molar-refractivity contribution in [2.24, 2.45) is 0 Å². The molecule has 86 valence electrons. The maximum absolute atomic E-state index is 13.6. The summed E-state index contributed by atoms with van der Waals surface area (Å²) in [7, 11) is 0. The van der Waals surface area contributed by atoms with Gasteiger partial charge in [-0.25, -0.2) is 4.79 Å². The Labute approximate surface area is 89.2 Å². The van der Waals surface area contributed by atoms with Crippen molar-refractivity contribution in [3.05, 3.63) is 11.4 Å². The van der Waals surface area contributed by atoms with Crippen LogP contribution in [0.25, 0.3) is 0 Å². The van der Waals surface area contributed by atoms with E-state index in [1.165, 1.54) is 0 Å². The molecule has 2 atom stereocenters. The second kappa shape index (κ2) is 5.26. The number of hydrogen-bond donors (Lipinski definition) is 0. The lowest BCUT2D eigenvalue weighted by atomic mass is 9.98. The summed E-state index contributed by atoms with van der Waals surface area (Å²) >= 11 is 0. The maximum Gasteiger partial charge on any atom is 0.367 e. The van der Waals surface area contributed by atoms with Gasteiger partial charge in [0.1, 0.15) is 0 Å². The number of halogens is 1. The highest BCUT2D eigenvalue weighted by atomic mass is 19.1. The SMILES string of the molecule is CCOC(=O)C(F)=C1CC(C)OC(C)C1. The molecule has 0 bridgehead atoms. The molecule has 3 nitrogen and oxygen atoms in total. The fourth-order valence-corrected chi connectivity index (χ4v) is 1.79. The van der Waals surface area contributed by atoms with Crippen LogP contribution in [-0.2, 0) is 14.3 Å². The fourth-order valence-electron chi connectivity index (χ4n) is 1.79. The van der Waals surface area contributed by atoms with Crippen molar-refractivity contribution >= 4 is 5.97 Å². The van der Waals surface area contributed by atoms with Gasteiger partial charge in [-0.2, -0.15) is 4.39 Å². The second-order valence-corrected chi connectivity index (χ2v) is 3.80. The minimum absolute atomic E-state index is 0.0380. The minimum atomic E-state index is -0.853. The molecular formula is C11H17FO3. The first-order valence-corrected chi connectivity index (χ1v) is 5.24. The molecule has 1 heterocycles. The number of carbonyl (C=O) groups is 1. The number of ether oxygens (including phenoxy) is 2. The third-order valence-electron chi connectivity index (χ3n) is 2.30. The van der Waals surface area contributed by atoms with Crippen LogP contribution in [0.5, 0.6) is 0 Å². The molecule has 1 rings (SSSR count). The second-order valence-electron chi connectivity index (χ2n) is 3.80. The molecule has 0 aromatic rings. The van der Waals surface area contributed by atoms with Crippen LogP contribution in [0, 0.1) is 0 Å². The topological polar surface area (TPSA) is 35.5 Å². The zero-order valence-electron chi connectivity index (χ0n) is 9.38. The van der Waals surface area contributed by atoms with Crippen LogP contribution in [0.15, 0.2) is 11.4 Å². The Morgan fingerprint density at radius 1 is 1.47 bits per heavy atom. The highest BCUT2D eigenvalue weighted by Crippen LogP contribution is 2.27. The Hall–Kier alpha value is -0.900. The largest absolute Gasteiger partial charge is 0.461 e. The predicted octanol–water partition coefficient (Wildman–Crippen LogP) is 2.36. The summed E-state index contributed by atoms with van der Waals surface area (Å²) in [5.74, 6) is -1.59. The number of rotatable bonds is 2. The van der Waals surface area contributed by atoms with Crippen LogP contribution in [0.4, 0.5) is 4.39 Å². The van der Waals surface area contributed by atoms with Crippen LogP contribution in [-0.4, -0.2) is 24.8 Å². The standard InChI is InChI=1S/C11H17FO3/c1-4-14-11(13)10(12)9-5-7(2)15-8(3)6-9/h7-8H,4-6H2,1-3H3. The molecule has 0 saturated carbocycles. The van der Waals surface area contributed by atoms with Crippen molar-refractivity contribution in [3.63, 3.8) is 0 Å². The summed E-state index contributed by atoms with van der Waals surface area (Å²) < 4.78 is 23.6. The predicted molar refractivity (Wildman–Crippen MR) is 54.0 cm³/mol. The van der Waals surface area contributed by atoms with Crippen LogP contribution < -0.4 is 0 Å². The molecule has 0 aliphatic carbocycles. The molecular weight excluding hydrogens is 199 g/mol. The van der Waals surface area contributed by atoms with E-state index < -0.39 is 11.8 Å². The van der Waals surface area contributed by atoms with Crippen molar-refractivity contribution < 1.29 is 18.7 Å². The Balaban J connectivity index is 2.74. The lowest BCUT2D eigenvalue weighted by molar-refractivity contribution is -0.140. The van der Waals surface area contributed by atoms with Gasteiger partial charge in [-0.3, -0.25) is 0 Å². The van der Waals surface area contributed by atoms with Crippen LogP contribution in [0.2, 0.25) is 0 Å². The van der Waals surface area contributed by atoms with E-state index in [1.807, 2.05) is 13.8 Å². The smallest absolute Gasteiger partial charge is 0.367 e. The molecule has 1 fully saturated rings. The molecule has 1 aliphatic rings. The normalized spacial score (nSPS) is 26.3. The van der Waals surface area contributed by atoms with Gasteiger partial charge in [0.15, 0.2) is 0 Å². The average molecular weight is 216 g/mol. The highest BCUT2D eigenvalue weighted by Gasteiger charge is 2.25. The molecule has 0 amide bonds. The molecule has 0 N–H and O–H groups in total. The van der Waals surface area contributed by atoms with Gasteiger partial charge in [0.2, 0.25) is 5.83 Å². The Morgan fingerprint density at radius 2 is 2.00 bits per heavy atom. The first-order chi connectivity index (χ1) is 7.04. The number of esters is 1. The van der Waals surface area contributed by atoms with Gasteiger partial charge in [-0.1, -0.05) is 0 Å². The summed E-state index contributed by atoms with van der Waals surface area (Å²) in [4.78, 5) is 11.2. The van der Waals surface area contributed by atoms with Gasteiger partial charge in [0.05, 0.1) is 18.8 Å². The lowest BCUT2D eigenvalue weighted by Crippen LogP contribution is -2.26. The first-order valence-electron chi connectivity index (χ1n) is 5.24. The van der Waals surface area contributed by atoms with Crippen molar-refractivity contribution in [2.75, 3.05) is 6.61 Å². The molecule has 4 heteroatoms. The maximum atomic E-state index is 13.6. The Kier molecular flexibility index (Phi) is 4.27. The summed E-state index contributed by atoms with van der Waals surface area (Å²) in [5, 5.41) is 0. The molecule has 1 saturated heterocycles. The third kappa shape index (κ3) is 3.30. The first kappa shape index (κ1) is 12.2. The Morgan fingerprint density at radius 3 is 2.47 bits per heavy atom. The van der Waals surface area contributed by atoms with Crippen LogP contribution in [0.3, 0.4) is 0 Å². The summed E-state index contributed by atoms with van der Waals surface area (Å²) in [6, 6.07) is 0. The van der Waals surface area contributed by atoms with E-state index in [0.29, 0.717) is 18.4 Å². The average Bonchev–Trinajstić information content (AvgIpc) is 2.15. The lowest BCUT2D eigenvalue weighted by Gasteiger charge is -2.27. The number of hydrogen-bond acceptors (Lipinski definition) is 3. The van der Waals surface area contributed by atoms with Gasteiger partial charge >= 0.3 is 5.97 Å². The minimum Gasteiger partial charge on any atom is -0.461 e. The zero-order valence-corrected chi connectivity index (χ0v) is 9.38. The summed E-state index contributed by atoms with van der Waals surface area (Å²) in [5.41, 5.74) is 0.514. The van der Waals surface area contributed by atoms with E-state index in [1.54, 1.807) is 6.92 Å². The molecule has 1 aliphatic heterocycles. The van der Waals surface area contributed by atoms with Gasteiger partial charge in [-0.05, 0) is 39.2 Å². The third-order valence-corrected chi connectivity index (χ3v) is 2.30. The summed E-state index contributed by atoms with van der Waals surface area (Å²) in [6.07, 6.45) is 0.858. The summed E-state index contributed by atoms with van der Waals surface area (Å²) in [6.45, 7) is 5.59. The highest BCUT2D eigenvalue weighted by molar-refractivity contribution is 5.86. The molecule has 0 aromatic heterocycles. The van der Waals surface area contributed by atoms with Gasteiger partial charge < -0.3 is 9.47 Å². The quantitative estimate of drug-likeness (QED) is 0.525. The van der Waals surface area contributed by atoms with Gasteiger partial charge in [0, 0.05) is 0 Å². The van der Waals surface area contributed by atoms with Gasteiger partial charge in [-0.15, -0.1) is 0 Å². The fraction of sp³-hybridized carbons (Fsp3) is 0.727. The van der Waals surface area contributed by atoms with Crippen LogP contribution in [0.1, 0.15) is 33.6 Å². The zero-order chi connectivity index (χ0) is 11.4. The molecule has 15 heavy (non-hydrogen) atoms. The van der Waals surface area contributed by atoms with E-state index in [4.69, 9.17) is 4.74 Å². The molecule has 0 aromatic carbocycles. The number of carbonyl (C=O) groups excluding carboxylic acids is 1. The van der Waals surface area contributed by atoms with E-state index >= 15 is 0 Å². The molecule has 0 spiro atoms. The van der Waals surface area contributed by atoms with E-state index in [-0.39, 0.29) is 18.8 Å². The van der Waals surface area contributed by atoms with Crippen molar-refractivity contribution in [1.29, 1.82) is 0 Å². The van der Waals surface area contributed by atoms with E-state index in [2.05, 4.69) is 4.74 Å². The van der Waals surface area contributed by atoms with Crippen molar-refractivity contribution in [2.45, 2.75) is 45.8 Å². The van der Waals surface area contributed by atoms with Crippen molar-refractivity contribution in [1.82, 2.24) is 0 Å². The van der Waals surface area contributed by atoms with E-state index in [0.717, 1.165) is 0 Å². The van der Waals surface area contributed by atoms with E-state index in [9.17, 15) is 9.18 Å². The monoisotopic (exact) mass is 216 g/mol. The molecule has 2 unspecified atom stereocenters. The Bertz CT molecular complexity index is 261. The van der Waals surface area contributed by atoms with Crippen LogP contribution >= 0.6 is 0 Å². The van der Waals surface area contributed by atoms with Gasteiger partial charge in [0.25, 0.3) is 0 Å². The van der Waals surface area contributed by atoms with Crippen molar-refractivity contribution in [3.8, 4) is 0 Å².